The van der Waals surface area contributed by atoms with E-state index in [1.165, 1.54) is 25.8 Å². The molecule has 2 aliphatic rings. The van der Waals surface area contributed by atoms with E-state index in [1.807, 2.05) is 37.3 Å². The number of amides is 1. The minimum absolute atomic E-state index is 0.0495. The molecular weight excluding hydrogens is 314 g/mol. The van der Waals surface area contributed by atoms with Gasteiger partial charge in [0.15, 0.2) is 0 Å². The van der Waals surface area contributed by atoms with Crippen LogP contribution in [0, 0.1) is 6.92 Å². The van der Waals surface area contributed by atoms with Crippen LogP contribution in [0.25, 0.3) is 11.5 Å². The molecule has 2 saturated heterocycles. The maximum atomic E-state index is 12.5. The lowest BCUT2D eigenvalue weighted by atomic mass is 9.99. The number of carbonyl (C=O) groups excluding carboxylic acids is 1. The first-order valence-corrected chi connectivity index (χ1v) is 9.26. The van der Waals surface area contributed by atoms with Crippen LogP contribution in [0.15, 0.2) is 34.7 Å². The Morgan fingerprint density at radius 1 is 1.24 bits per heavy atom. The number of rotatable bonds is 4. The van der Waals surface area contributed by atoms with Gasteiger partial charge in [-0.1, -0.05) is 24.6 Å². The van der Waals surface area contributed by atoms with Crippen LogP contribution in [0.1, 0.15) is 37.1 Å². The number of aryl methyl sites for hydroxylation is 1. The third-order valence-corrected chi connectivity index (χ3v) is 5.44. The van der Waals surface area contributed by atoms with Gasteiger partial charge in [-0.15, -0.1) is 0 Å². The molecule has 1 amide bonds. The fourth-order valence-electron chi connectivity index (χ4n) is 4.12. The van der Waals surface area contributed by atoms with Crippen LogP contribution in [0.5, 0.6) is 0 Å². The first-order chi connectivity index (χ1) is 12.2. The summed E-state index contributed by atoms with van der Waals surface area (Å²) in [5, 5.41) is 3.24. The van der Waals surface area contributed by atoms with Gasteiger partial charge in [0, 0.05) is 24.2 Å². The second kappa shape index (κ2) is 7.00. The molecule has 0 saturated carbocycles. The van der Waals surface area contributed by atoms with Crippen molar-refractivity contribution in [3.63, 3.8) is 0 Å². The number of aromatic nitrogens is 1. The summed E-state index contributed by atoms with van der Waals surface area (Å²) in [5.74, 6) is 1.35. The van der Waals surface area contributed by atoms with Crippen molar-refractivity contribution in [1.82, 2.24) is 15.2 Å². The monoisotopic (exact) mass is 339 g/mol. The van der Waals surface area contributed by atoms with Gasteiger partial charge in [-0.05, 0) is 44.9 Å². The number of carbonyl (C=O) groups is 1. The first kappa shape index (κ1) is 16.3. The quantitative estimate of drug-likeness (QED) is 0.930. The summed E-state index contributed by atoms with van der Waals surface area (Å²) in [6.45, 7) is 4.16. The number of fused-ring (bicyclic) bond motifs is 1. The molecule has 1 aromatic carbocycles. The zero-order valence-corrected chi connectivity index (χ0v) is 14.7. The summed E-state index contributed by atoms with van der Waals surface area (Å²) in [7, 11) is 0. The standard InChI is InChI=1S/C20H25N3O2/c1-14-17(22-20(25-14)15-7-3-2-4-8-15)13-19(24)21-16-10-12-23-11-6-5-9-18(16)23/h2-4,7-8,16,18H,5-6,9-13H2,1H3,(H,21,24)/t16-,18+/m1/s1. The summed E-state index contributed by atoms with van der Waals surface area (Å²) in [4.78, 5) is 19.6. The second-order valence-corrected chi connectivity index (χ2v) is 7.13. The van der Waals surface area contributed by atoms with Crippen molar-refractivity contribution in [2.24, 2.45) is 0 Å². The highest BCUT2D eigenvalue weighted by atomic mass is 16.4. The van der Waals surface area contributed by atoms with E-state index in [0.717, 1.165) is 30.0 Å². The van der Waals surface area contributed by atoms with E-state index in [0.29, 0.717) is 11.9 Å². The van der Waals surface area contributed by atoms with Gasteiger partial charge < -0.3 is 9.73 Å². The highest BCUT2D eigenvalue weighted by Crippen LogP contribution is 2.27. The smallest absolute Gasteiger partial charge is 0.226 e. The van der Waals surface area contributed by atoms with Gasteiger partial charge >= 0.3 is 0 Å². The zero-order chi connectivity index (χ0) is 17.2. The van der Waals surface area contributed by atoms with Crippen molar-refractivity contribution in [3.8, 4) is 11.5 Å². The Morgan fingerprint density at radius 2 is 2.08 bits per heavy atom. The van der Waals surface area contributed by atoms with Crippen molar-refractivity contribution >= 4 is 5.91 Å². The molecule has 2 atom stereocenters. The minimum atomic E-state index is 0.0495. The average molecular weight is 339 g/mol. The van der Waals surface area contributed by atoms with E-state index in [4.69, 9.17) is 4.42 Å². The molecule has 4 rings (SSSR count). The van der Waals surface area contributed by atoms with E-state index in [2.05, 4.69) is 15.2 Å². The number of benzene rings is 1. The van der Waals surface area contributed by atoms with Crippen LogP contribution in [0.2, 0.25) is 0 Å². The van der Waals surface area contributed by atoms with Gasteiger partial charge in [0.05, 0.1) is 12.1 Å². The van der Waals surface area contributed by atoms with Crippen molar-refractivity contribution < 1.29 is 9.21 Å². The molecule has 3 heterocycles. The van der Waals surface area contributed by atoms with Crippen molar-refractivity contribution in [3.05, 3.63) is 41.8 Å². The Labute approximate surface area is 148 Å². The van der Waals surface area contributed by atoms with Crippen molar-refractivity contribution in [2.45, 2.75) is 51.1 Å². The number of piperidine rings is 1. The normalized spacial score (nSPS) is 23.4. The third-order valence-electron chi connectivity index (χ3n) is 5.44. The molecule has 0 aliphatic carbocycles. The fraction of sp³-hybridized carbons (Fsp3) is 0.500. The summed E-state index contributed by atoms with van der Waals surface area (Å²) >= 11 is 0. The van der Waals surface area contributed by atoms with Crippen LogP contribution in [0.4, 0.5) is 0 Å². The predicted molar refractivity (Wildman–Crippen MR) is 96.1 cm³/mol. The van der Waals surface area contributed by atoms with Crippen LogP contribution in [-0.4, -0.2) is 41.0 Å². The van der Waals surface area contributed by atoms with Crippen molar-refractivity contribution in [2.75, 3.05) is 13.1 Å². The summed E-state index contributed by atoms with van der Waals surface area (Å²) in [6.07, 6.45) is 5.11. The van der Waals surface area contributed by atoms with Crippen LogP contribution in [0.3, 0.4) is 0 Å². The Bertz CT molecular complexity index is 741. The zero-order valence-electron chi connectivity index (χ0n) is 14.7. The molecular formula is C20H25N3O2. The molecule has 5 nitrogen and oxygen atoms in total. The molecule has 2 aliphatic heterocycles. The van der Waals surface area contributed by atoms with Crippen LogP contribution < -0.4 is 5.32 Å². The molecule has 5 heteroatoms. The molecule has 1 N–H and O–H groups in total. The Balaban J connectivity index is 1.40. The number of oxazole rings is 1. The largest absolute Gasteiger partial charge is 0.441 e. The highest BCUT2D eigenvalue weighted by molar-refractivity contribution is 5.79. The lowest BCUT2D eigenvalue weighted by Crippen LogP contribution is -2.47. The topological polar surface area (TPSA) is 58.4 Å². The second-order valence-electron chi connectivity index (χ2n) is 7.13. The molecule has 0 bridgehead atoms. The maximum Gasteiger partial charge on any atom is 0.226 e. The highest BCUT2D eigenvalue weighted by Gasteiger charge is 2.36. The van der Waals surface area contributed by atoms with Crippen molar-refractivity contribution in [1.29, 1.82) is 0 Å². The van der Waals surface area contributed by atoms with Crippen LogP contribution >= 0.6 is 0 Å². The lowest BCUT2D eigenvalue weighted by molar-refractivity contribution is -0.121. The SMILES string of the molecule is Cc1oc(-c2ccccc2)nc1CC(=O)N[C@@H]1CCN2CCCC[C@@H]12. The summed E-state index contributed by atoms with van der Waals surface area (Å²) < 4.78 is 5.76. The van der Waals surface area contributed by atoms with Gasteiger partial charge in [-0.25, -0.2) is 4.98 Å². The average Bonchev–Trinajstić information content (AvgIpc) is 3.20. The molecule has 0 spiro atoms. The Kier molecular flexibility index (Phi) is 4.57. The fourth-order valence-corrected chi connectivity index (χ4v) is 4.12. The molecule has 0 radical (unpaired) electrons. The summed E-state index contributed by atoms with van der Waals surface area (Å²) in [6, 6.07) is 10.6. The number of nitrogens with one attached hydrogen (secondary N) is 1. The van der Waals surface area contributed by atoms with E-state index in [-0.39, 0.29) is 18.4 Å². The van der Waals surface area contributed by atoms with Gasteiger partial charge in [0.2, 0.25) is 11.8 Å². The predicted octanol–water partition coefficient (Wildman–Crippen LogP) is 2.94. The molecule has 132 valence electrons. The molecule has 25 heavy (non-hydrogen) atoms. The Morgan fingerprint density at radius 3 is 2.92 bits per heavy atom. The van der Waals surface area contributed by atoms with Gasteiger partial charge in [0.1, 0.15) is 5.76 Å². The van der Waals surface area contributed by atoms with Gasteiger partial charge in [-0.3, -0.25) is 9.69 Å². The van der Waals surface area contributed by atoms with Gasteiger partial charge in [0.25, 0.3) is 0 Å². The summed E-state index contributed by atoms with van der Waals surface area (Å²) in [5.41, 5.74) is 1.67. The van der Waals surface area contributed by atoms with E-state index in [9.17, 15) is 4.79 Å². The molecule has 2 aromatic rings. The minimum Gasteiger partial charge on any atom is -0.441 e. The number of nitrogens with zero attached hydrogens (tertiary/aromatic N) is 2. The van der Waals surface area contributed by atoms with E-state index >= 15 is 0 Å². The number of hydrogen-bond donors (Lipinski definition) is 1. The van der Waals surface area contributed by atoms with E-state index < -0.39 is 0 Å². The van der Waals surface area contributed by atoms with Gasteiger partial charge in [-0.2, -0.15) is 0 Å². The molecule has 0 unspecified atom stereocenters. The molecule has 2 fully saturated rings. The number of hydrogen-bond acceptors (Lipinski definition) is 4. The first-order valence-electron chi connectivity index (χ1n) is 9.26. The molecule has 1 aromatic heterocycles. The third kappa shape index (κ3) is 3.47. The lowest BCUT2D eigenvalue weighted by Gasteiger charge is -2.32. The Hall–Kier alpha value is -2.14. The maximum absolute atomic E-state index is 12.5. The van der Waals surface area contributed by atoms with Crippen LogP contribution in [-0.2, 0) is 11.2 Å². The van der Waals surface area contributed by atoms with E-state index in [1.54, 1.807) is 0 Å².